The minimum Gasteiger partial charge on any atom is -0.508 e. The van der Waals surface area contributed by atoms with Gasteiger partial charge in [0.15, 0.2) is 11.5 Å². The molecule has 0 fully saturated rings. The van der Waals surface area contributed by atoms with E-state index in [1.54, 1.807) is 19.2 Å². The third-order valence-corrected chi connectivity index (χ3v) is 3.82. The van der Waals surface area contributed by atoms with Gasteiger partial charge < -0.3 is 19.9 Å². The van der Waals surface area contributed by atoms with Crippen molar-refractivity contribution in [1.82, 2.24) is 0 Å². The molecule has 0 heterocycles. The minimum atomic E-state index is 0.0515. The molecule has 0 radical (unpaired) electrons. The first-order valence-electron chi connectivity index (χ1n) is 7.06. The molecule has 4 nitrogen and oxygen atoms in total. The monoisotopic (exact) mass is 365 g/mol. The second-order valence-corrected chi connectivity index (χ2v) is 5.98. The molecule has 2 rings (SSSR count). The second-order valence-electron chi connectivity index (χ2n) is 5.12. The van der Waals surface area contributed by atoms with E-state index < -0.39 is 0 Å². The zero-order valence-corrected chi connectivity index (χ0v) is 14.5. The molecule has 0 aliphatic heterocycles. The lowest BCUT2D eigenvalue weighted by molar-refractivity contribution is 0.227. The molecule has 2 aromatic carbocycles. The molecule has 0 spiro atoms. The molecule has 2 N–H and O–H groups in total. The maximum Gasteiger partial charge on any atom is 0.167 e. The third-order valence-electron chi connectivity index (χ3n) is 3.08. The smallest absolute Gasteiger partial charge is 0.167 e. The van der Waals surface area contributed by atoms with Crippen molar-refractivity contribution in [3.8, 4) is 17.2 Å². The first kappa shape index (κ1) is 16.5. The molecule has 0 saturated heterocycles. The summed E-state index contributed by atoms with van der Waals surface area (Å²) in [4.78, 5) is 0. The first-order chi connectivity index (χ1) is 10.5. The van der Waals surface area contributed by atoms with E-state index in [-0.39, 0.29) is 11.9 Å². The lowest BCUT2D eigenvalue weighted by atomic mass is 10.1. The van der Waals surface area contributed by atoms with E-state index in [0.29, 0.717) is 12.3 Å². The number of phenolic OH excluding ortho intramolecular Hbond substituents is 1. The zero-order chi connectivity index (χ0) is 16.1. The van der Waals surface area contributed by atoms with Crippen LogP contribution in [-0.4, -0.2) is 18.3 Å². The highest BCUT2D eigenvalue weighted by atomic mass is 79.9. The minimum absolute atomic E-state index is 0.0515. The zero-order valence-electron chi connectivity index (χ0n) is 12.9. The lowest BCUT2D eigenvalue weighted by Crippen LogP contribution is -2.11. The van der Waals surface area contributed by atoms with Crippen molar-refractivity contribution in [1.29, 1.82) is 0 Å². The number of nitrogens with one attached hydrogen (secondary N) is 1. The molecular formula is C17H20BrNO3. The van der Waals surface area contributed by atoms with Crippen molar-refractivity contribution in [3.63, 3.8) is 0 Å². The number of rotatable bonds is 6. The van der Waals surface area contributed by atoms with E-state index in [0.717, 1.165) is 21.5 Å². The van der Waals surface area contributed by atoms with Crippen molar-refractivity contribution in [2.24, 2.45) is 0 Å². The highest BCUT2D eigenvalue weighted by Crippen LogP contribution is 2.37. The van der Waals surface area contributed by atoms with E-state index in [4.69, 9.17) is 9.47 Å². The number of benzene rings is 2. The average molecular weight is 366 g/mol. The molecule has 0 atom stereocenters. The van der Waals surface area contributed by atoms with Crippen molar-refractivity contribution >= 4 is 21.6 Å². The largest absolute Gasteiger partial charge is 0.508 e. The summed E-state index contributed by atoms with van der Waals surface area (Å²) in [6, 6.07) is 10.8. The number of methoxy groups -OCH3 is 1. The van der Waals surface area contributed by atoms with Crippen LogP contribution in [0.5, 0.6) is 17.2 Å². The van der Waals surface area contributed by atoms with Crippen LogP contribution in [0, 0.1) is 0 Å². The van der Waals surface area contributed by atoms with Gasteiger partial charge in [-0.1, -0.05) is 15.9 Å². The topological polar surface area (TPSA) is 50.7 Å². The van der Waals surface area contributed by atoms with Gasteiger partial charge in [-0.2, -0.15) is 0 Å². The van der Waals surface area contributed by atoms with Gasteiger partial charge in [-0.25, -0.2) is 0 Å². The van der Waals surface area contributed by atoms with E-state index in [9.17, 15) is 5.11 Å². The molecule has 5 heteroatoms. The van der Waals surface area contributed by atoms with Crippen LogP contribution in [0.25, 0.3) is 0 Å². The fourth-order valence-corrected chi connectivity index (χ4v) is 2.49. The Labute approximate surface area is 139 Å². The Morgan fingerprint density at radius 2 is 1.82 bits per heavy atom. The molecule has 0 unspecified atom stereocenters. The molecule has 22 heavy (non-hydrogen) atoms. The average Bonchev–Trinajstić information content (AvgIpc) is 2.48. The van der Waals surface area contributed by atoms with Gasteiger partial charge in [-0.05, 0) is 50.2 Å². The molecule has 118 valence electrons. The van der Waals surface area contributed by atoms with Crippen LogP contribution in [0.3, 0.4) is 0 Å². The summed E-state index contributed by atoms with van der Waals surface area (Å²) in [5, 5.41) is 12.6. The highest BCUT2D eigenvalue weighted by molar-refractivity contribution is 9.10. The molecule has 0 saturated carbocycles. The van der Waals surface area contributed by atoms with Crippen LogP contribution in [-0.2, 0) is 6.54 Å². The molecule has 0 aliphatic carbocycles. The molecule has 0 bridgehead atoms. The van der Waals surface area contributed by atoms with Crippen LogP contribution in [0.1, 0.15) is 19.4 Å². The van der Waals surface area contributed by atoms with E-state index in [1.165, 1.54) is 0 Å². The Morgan fingerprint density at radius 3 is 2.41 bits per heavy atom. The summed E-state index contributed by atoms with van der Waals surface area (Å²) in [7, 11) is 1.63. The number of anilines is 1. The summed E-state index contributed by atoms with van der Waals surface area (Å²) < 4.78 is 12.3. The van der Waals surface area contributed by atoms with E-state index >= 15 is 0 Å². The van der Waals surface area contributed by atoms with Gasteiger partial charge in [0.1, 0.15) is 5.75 Å². The molecular weight excluding hydrogens is 346 g/mol. The van der Waals surface area contributed by atoms with Crippen molar-refractivity contribution < 1.29 is 14.6 Å². The van der Waals surface area contributed by atoms with Gasteiger partial charge in [0.05, 0.1) is 13.2 Å². The summed E-state index contributed by atoms with van der Waals surface area (Å²) in [5.74, 6) is 1.69. The molecule has 0 aliphatic rings. The van der Waals surface area contributed by atoms with E-state index in [2.05, 4.69) is 21.2 Å². The number of hydrogen-bond donors (Lipinski definition) is 2. The fraction of sp³-hybridized carbons (Fsp3) is 0.294. The number of halogens is 1. The van der Waals surface area contributed by atoms with Gasteiger partial charge in [-0.15, -0.1) is 0 Å². The van der Waals surface area contributed by atoms with Gasteiger partial charge in [-0.3, -0.25) is 0 Å². The Bertz CT molecular complexity index is 627. The summed E-state index contributed by atoms with van der Waals surface area (Å²) in [6.07, 6.45) is 0.0515. The highest BCUT2D eigenvalue weighted by Gasteiger charge is 2.15. The molecule has 2 aromatic rings. The predicted octanol–water partition coefficient (Wildman–Crippen LogP) is 4.56. The van der Waals surface area contributed by atoms with Gasteiger partial charge in [0, 0.05) is 22.3 Å². The Hall–Kier alpha value is -1.88. The first-order valence-corrected chi connectivity index (χ1v) is 7.85. The van der Waals surface area contributed by atoms with E-state index in [1.807, 2.05) is 38.1 Å². The number of phenols is 1. The van der Waals surface area contributed by atoms with Gasteiger partial charge >= 0.3 is 0 Å². The lowest BCUT2D eigenvalue weighted by Gasteiger charge is -2.19. The number of hydrogen-bond acceptors (Lipinski definition) is 4. The summed E-state index contributed by atoms with van der Waals surface area (Å²) in [6.45, 7) is 4.54. The normalized spacial score (nSPS) is 10.6. The Morgan fingerprint density at radius 1 is 1.14 bits per heavy atom. The van der Waals surface area contributed by atoms with Gasteiger partial charge in [0.2, 0.25) is 0 Å². The standard InChI is InChI=1S/C17H20BrNO3/c1-11(2)22-17-14(15(18)8-9-16(17)21-3)10-19-12-4-6-13(20)7-5-12/h4-9,11,19-20H,10H2,1-3H3. The quantitative estimate of drug-likeness (QED) is 0.736. The molecule has 0 aromatic heterocycles. The fourth-order valence-electron chi connectivity index (χ4n) is 2.04. The van der Waals surface area contributed by atoms with Crippen LogP contribution in [0.4, 0.5) is 5.69 Å². The number of aromatic hydroxyl groups is 1. The summed E-state index contributed by atoms with van der Waals surface area (Å²) >= 11 is 3.57. The maximum atomic E-state index is 9.33. The number of ether oxygens (including phenoxy) is 2. The van der Waals surface area contributed by atoms with Crippen molar-refractivity contribution in [2.45, 2.75) is 26.5 Å². The Kier molecular flexibility index (Phi) is 5.55. The maximum absolute atomic E-state index is 9.33. The second kappa shape index (κ2) is 7.40. The summed E-state index contributed by atoms with van der Waals surface area (Å²) in [5.41, 5.74) is 1.91. The van der Waals surface area contributed by atoms with Crippen molar-refractivity contribution in [3.05, 3.63) is 46.4 Å². The van der Waals surface area contributed by atoms with Crippen LogP contribution in [0.2, 0.25) is 0 Å². The van der Waals surface area contributed by atoms with Gasteiger partial charge in [0.25, 0.3) is 0 Å². The van der Waals surface area contributed by atoms with Crippen LogP contribution < -0.4 is 14.8 Å². The molecule has 0 amide bonds. The Balaban J connectivity index is 2.26. The third kappa shape index (κ3) is 4.07. The van der Waals surface area contributed by atoms with Crippen molar-refractivity contribution in [2.75, 3.05) is 12.4 Å². The predicted molar refractivity (Wildman–Crippen MR) is 91.9 cm³/mol. The van der Waals surface area contributed by atoms with Crippen LogP contribution in [0.15, 0.2) is 40.9 Å². The SMILES string of the molecule is COc1ccc(Br)c(CNc2ccc(O)cc2)c1OC(C)C. The van der Waals surface area contributed by atoms with Crippen LogP contribution >= 0.6 is 15.9 Å².